The van der Waals surface area contributed by atoms with Crippen LogP contribution in [-0.2, 0) is 13.0 Å². The largest absolute Gasteiger partial charge is 0.478 e. The van der Waals surface area contributed by atoms with Gasteiger partial charge in [0.15, 0.2) is 0 Å². The van der Waals surface area contributed by atoms with E-state index >= 15 is 0 Å². The van der Waals surface area contributed by atoms with Crippen LogP contribution in [0.25, 0.3) is 0 Å². The van der Waals surface area contributed by atoms with Crippen molar-refractivity contribution < 1.29 is 9.90 Å². The molecule has 0 fully saturated rings. The third kappa shape index (κ3) is 2.63. The molecular weight excluding hydrogens is 216 g/mol. The highest BCUT2D eigenvalue weighted by atomic mass is 16.4. The summed E-state index contributed by atoms with van der Waals surface area (Å²) in [7, 11) is 0. The monoisotopic (exact) mass is 230 g/mol. The number of carbonyl (C=O) groups is 1. The molecule has 0 saturated heterocycles. The van der Waals surface area contributed by atoms with Crippen LogP contribution in [0.15, 0.2) is 18.2 Å². The minimum atomic E-state index is -0.887. The molecule has 1 N–H and O–H groups in total. The summed E-state index contributed by atoms with van der Waals surface area (Å²) in [5.41, 5.74) is 2.64. The van der Waals surface area contributed by atoms with E-state index in [-0.39, 0.29) is 0 Å². The number of benzene rings is 1. The minimum Gasteiger partial charge on any atom is -0.478 e. The summed E-state index contributed by atoms with van der Waals surface area (Å²) in [6.07, 6.45) is 1.45. The Morgan fingerprint density at radius 1 is 1.47 bits per heavy atom. The normalized spacial score (nSPS) is 15.0. The minimum absolute atomic E-state index is 0.339. The van der Waals surface area contributed by atoms with Gasteiger partial charge in [0.25, 0.3) is 0 Å². The number of rotatable bonds is 3. The number of carboxylic acid groups (broad SMARTS) is 1. The summed E-state index contributed by atoms with van der Waals surface area (Å²) >= 11 is 0. The molecule has 0 saturated carbocycles. The van der Waals surface area contributed by atoms with Gasteiger partial charge in [0, 0.05) is 26.1 Å². The number of nitriles is 1. The molecule has 1 aromatic rings. The van der Waals surface area contributed by atoms with E-state index in [2.05, 4.69) is 11.0 Å². The van der Waals surface area contributed by atoms with Crippen LogP contribution in [0.4, 0.5) is 0 Å². The van der Waals surface area contributed by atoms with Crippen LogP contribution >= 0.6 is 0 Å². The fourth-order valence-corrected chi connectivity index (χ4v) is 2.15. The summed E-state index contributed by atoms with van der Waals surface area (Å²) in [5.74, 6) is -0.887. The quantitative estimate of drug-likeness (QED) is 0.857. The van der Waals surface area contributed by atoms with Crippen molar-refractivity contribution in [2.45, 2.75) is 19.4 Å². The van der Waals surface area contributed by atoms with Gasteiger partial charge in [-0.3, -0.25) is 4.90 Å². The average Bonchev–Trinajstić information content (AvgIpc) is 2.35. The molecule has 0 spiro atoms. The smallest absolute Gasteiger partial charge is 0.335 e. The van der Waals surface area contributed by atoms with Gasteiger partial charge in [0.2, 0.25) is 0 Å². The molecule has 4 nitrogen and oxygen atoms in total. The zero-order valence-electron chi connectivity index (χ0n) is 9.52. The molecule has 0 unspecified atom stereocenters. The van der Waals surface area contributed by atoms with E-state index in [9.17, 15) is 4.79 Å². The van der Waals surface area contributed by atoms with Crippen LogP contribution in [0, 0.1) is 11.3 Å². The van der Waals surface area contributed by atoms with E-state index in [0.717, 1.165) is 31.6 Å². The highest BCUT2D eigenvalue weighted by Gasteiger charge is 2.17. The standard InChI is InChI=1S/C13H14N2O2/c14-5-1-6-15-7-4-10-2-3-11(13(16)17)8-12(10)9-15/h2-3,8H,1,4,6-7,9H2,(H,16,17). The molecule has 88 valence electrons. The fourth-order valence-electron chi connectivity index (χ4n) is 2.15. The highest BCUT2D eigenvalue weighted by Crippen LogP contribution is 2.20. The zero-order valence-corrected chi connectivity index (χ0v) is 9.52. The molecule has 1 aromatic carbocycles. The lowest BCUT2D eigenvalue weighted by Gasteiger charge is -2.28. The Balaban J connectivity index is 2.15. The van der Waals surface area contributed by atoms with Gasteiger partial charge in [0.05, 0.1) is 11.6 Å². The maximum atomic E-state index is 10.9. The molecule has 1 heterocycles. The van der Waals surface area contributed by atoms with Crippen molar-refractivity contribution in [2.75, 3.05) is 13.1 Å². The van der Waals surface area contributed by atoms with Gasteiger partial charge < -0.3 is 5.11 Å². The third-order valence-electron chi connectivity index (χ3n) is 3.08. The maximum absolute atomic E-state index is 10.9. The second-order valence-electron chi connectivity index (χ2n) is 4.22. The van der Waals surface area contributed by atoms with Gasteiger partial charge in [-0.05, 0) is 29.7 Å². The first-order chi connectivity index (χ1) is 8.20. The second-order valence-corrected chi connectivity index (χ2v) is 4.22. The highest BCUT2D eigenvalue weighted by molar-refractivity contribution is 5.87. The molecule has 0 amide bonds. The molecule has 0 aromatic heterocycles. The molecule has 0 radical (unpaired) electrons. The number of hydrogen-bond donors (Lipinski definition) is 1. The predicted molar refractivity (Wildman–Crippen MR) is 62.6 cm³/mol. The predicted octanol–water partition coefficient (Wildman–Crippen LogP) is 1.66. The van der Waals surface area contributed by atoms with E-state index in [1.807, 2.05) is 6.07 Å². The van der Waals surface area contributed by atoms with Gasteiger partial charge in [-0.25, -0.2) is 4.79 Å². The van der Waals surface area contributed by atoms with E-state index in [1.165, 1.54) is 5.56 Å². The Morgan fingerprint density at radius 2 is 2.29 bits per heavy atom. The number of nitrogens with zero attached hydrogens (tertiary/aromatic N) is 2. The molecule has 4 heteroatoms. The summed E-state index contributed by atoms with van der Waals surface area (Å²) in [6, 6.07) is 7.44. The van der Waals surface area contributed by atoms with Gasteiger partial charge in [-0.2, -0.15) is 5.26 Å². The second kappa shape index (κ2) is 4.98. The van der Waals surface area contributed by atoms with E-state index in [1.54, 1.807) is 12.1 Å². The lowest BCUT2D eigenvalue weighted by atomic mass is 9.97. The average molecular weight is 230 g/mol. The lowest BCUT2D eigenvalue weighted by molar-refractivity contribution is 0.0696. The van der Waals surface area contributed by atoms with Crippen LogP contribution in [-0.4, -0.2) is 29.1 Å². The summed E-state index contributed by atoms with van der Waals surface area (Å²) in [6.45, 7) is 2.45. The van der Waals surface area contributed by atoms with Gasteiger partial charge in [-0.1, -0.05) is 6.07 Å². The number of fused-ring (bicyclic) bond motifs is 1. The van der Waals surface area contributed by atoms with Crippen molar-refractivity contribution in [3.05, 3.63) is 34.9 Å². The molecule has 17 heavy (non-hydrogen) atoms. The first kappa shape index (κ1) is 11.6. The van der Waals surface area contributed by atoms with Crippen LogP contribution in [0.1, 0.15) is 27.9 Å². The number of hydrogen-bond acceptors (Lipinski definition) is 3. The SMILES string of the molecule is N#CCCN1CCc2ccc(C(=O)O)cc2C1. The molecule has 2 rings (SSSR count). The molecule has 1 aliphatic heterocycles. The van der Waals surface area contributed by atoms with Crippen LogP contribution in [0.2, 0.25) is 0 Å². The zero-order chi connectivity index (χ0) is 12.3. The molecule has 0 atom stereocenters. The number of carboxylic acids is 1. The van der Waals surface area contributed by atoms with Gasteiger partial charge in [0.1, 0.15) is 0 Å². The maximum Gasteiger partial charge on any atom is 0.335 e. The molecule has 0 bridgehead atoms. The molecule has 0 aliphatic carbocycles. The van der Waals surface area contributed by atoms with E-state index < -0.39 is 5.97 Å². The Bertz CT molecular complexity index is 477. The third-order valence-corrected chi connectivity index (χ3v) is 3.08. The van der Waals surface area contributed by atoms with Crippen molar-refractivity contribution in [1.29, 1.82) is 5.26 Å². The van der Waals surface area contributed by atoms with Crippen molar-refractivity contribution in [3.63, 3.8) is 0 Å². The first-order valence-electron chi connectivity index (χ1n) is 5.65. The lowest BCUT2D eigenvalue weighted by Crippen LogP contribution is -2.31. The van der Waals surface area contributed by atoms with E-state index in [0.29, 0.717) is 12.0 Å². The summed E-state index contributed by atoms with van der Waals surface area (Å²) in [4.78, 5) is 13.1. The Morgan fingerprint density at radius 3 is 3.00 bits per heavy atom. The topological polar surface area (TPSA) is 64.3 Å². The fraction of sp³-hybridized carbons (Fsp3) is 0.385. The number of aromatic carboxylic acids is 1. The summed E-state index contributed by atoms with van der Waals surface area (Å²) in [5, 5.41) is 17.5. The molecular formula is C13H14N2O2. The van der Waals surface area contributed by atoms with Crippen LogP contribution in [0.5, 0.6) is 0 Å². The van der Waals surface area contributed by atoms with Crippen molar-refractivity contribution in [3.8, 4) is 6.07 Å². The Kier molecular flexibility index (Phi) is 3.40. The van der Waals surface area contributed by atoms with Crippen molar-refractivity contribution in [2.24, 2.45) is 0 Å². The Labute approximate surface area is 100 Å². The van der Waals surface area contributed by atoms with Crippen LogP contribution in [0.3, 0.4) is 0 Å². The summed E-state index contributed by atoms with van der Waals surface area (Å²) < 4.78 is 0. The van der Waals surface area contributed by atoms with Crippen molar-refractivity contribution in [1.82, 2.24) is 4.90 Å². The van der Waals surface area contributed by atoms with Crippen LogP contribution < -0.4 is 0 Å². The van der Waals surface area contributed by atoms with Crippen molar-refractivity contribution >= 4 is 5.97 Å². The van der Waals surface area contributed by atoms with E-state index in [4.69, 9.17) is 10.4 Å². The first-order valence-corrected chi connectivity index (χ1v) is 5.65. The Hall–Kier alpha value is -1.86. The molecule has 1 aliphatic rings. The van der Waals surface area contributed by atoms with Gasteiger partial charge in [-0.15, -0.1) is 0 Å². The van der Waals surface area contributed by atoms with Gasteiger partial charge >= 0.3 is 5.97 Å².